The van der Waals surface area contributed by atoms with Gasteiger partial charge in [-0.2, -0.15) is 0 Å². The van der Waals surface area contributed by atoms with E-state index < -0.39 is 0 Å². The van der Waals surface area contributed by atoms with Crippen molar-refractivity contribution in [2.45, 2.75) is 13.1 Å². The molecule has 0 amide bonds. The van der Waals surface area contributed by atoms with Crippen LogP contribution in [0.2, 0.25) is 0 Å². The van der Waals surface area contributed by atoms with Gasteiger partial charge in [0.2, 0.25) is 0 Å². The molecule has 3 heteroatoms. The molecule has 0 unspecified atom stereocenters. The van der Waals surface area contributed by atoms with Gasteiger partial charge in [-0.25, -0.2) is 0 Å². The van der Waals surface area contributed by atoms with Crippen molar-refractivity contribution in [3.05, 3.63) is 82.6 Å². The van der Waals surface area contributed by atoms with Crippen LogP contribution in [0.15, 0.2) is 72.1 Å². The van der Waals surface area contributed by atoms with E-state index in [1.165, 1.54) is 21.6 Å². The van der Waals surface area contributed by atoms with E-state index in [1.54, 1.807) is 11.3 Å². The zero-order valence-electron chi connectivity index (χ0n) is 11.7. The summed E-state index contributed by atoms with van der Waals surface area (Å²) in [5, 5.41) is 5.59. The molecule has 0 spiro atoms. The number of benzene rings is 2. The van der Waals surface area contributed by atoms with Crippen LogP contribution in [0.3, 0.4) is 0 Å². The molecule has 3 aromatic rings. The van der Waals surface area contributed by atoms with Gasteiger partial charge in [0.25, 0.3) is 0 Å². The van der Waals surface area contributed by atoms with Crippen molar-refractivity contribution in [2.24, 2.45) is 0 Å². The first-order chi connectivity index (χ1) is 9.92. The molecule has 108 valence electrons. The Morgan fingerprint density at radius 1 is 0.714 bits per heavy atom. The molecule has 0 bridgehead atoms. The summed E-state index contributed by atoms with van der Waals surface area (Å²) in [6.45, 7) is 1.85. The molecule has 1 aromatic heterocycles. The van der Waals surface area contributed by atoms with Crippen molar-refractivity contribution < 1.29 is 0 Å². The smallest absolute Gasteiger partial charge is 0.0302 e. The van der Waals surface area contributed by atoms with Crippen molar-refractivity contribution in [1.29, 1.82) is 0 Å². The van der Waals surface area contributed by atoms with Crippen LogP contribution in [0.25, 0.3) is 11.1 Å². The summed E-state index contributed by atoms with van der Waals surface area (Å²) < 4.78 is 0. The van der Waals surface area contributed by atoms with Crippen LogP contribution in [-0.2, 0) is 13.1 Å². The minimum absolute atomic E-state index is 0. The highest BCUT2D eigenvalue weighted by molar-refractivity contribution is 7.09. The zero-order chi connectivity index (χ0) is 13.6. The van der Waals surface area contributed by atoms with E-state index in [9.17, 15) is 0 Å². The first-order valence-corrected chi connectivity index (χ1v) is 7.67. The second-order valence-electron chi connectivity index (χ2n) is 4.75. The lowest BCUT2D eigenvalue weighted by molar-refractivity contribution is 0.701. The average Bonchev–Trinajstić information content (AvgIpc) is 3.02. The predicted octanol–water partition coefficient (Wildman–Crippen LogP) is 5.13. The Morgan fingerprint density at radius 2 is 1.43 bits per heavy atom. The maximum absolute atomic E-state index is 3.47. The molecule has 0 saturated heterocycles. The highest BCUT2D eigenvalue weighted by Gasteiger charge is 1.98. The summed E-state index contributed by atoms with van der Waals surface area (Å²) in [5.74, 6) is 0. The standard InChI is InChI=1S/C18H17NS.ClH/c1-2-5-16(6-3-1)17-10-8-15(9-11-17)13-19-14-18-7-4-12-20-18;/h1-12,19H,13-14H2;1H. The van der Waals surface area contributed by atoms with Crippen LogP contribution >= 0.6 is 23.7 Å². The minimum atomic E-state index is 0. The van der Waals surface area contributed by atoms with Crippen LogP contribution in [0.5, 0.6) is 0 Å². The second kappa shape index (κ2) is 7.99. The Kier molecular flexibility index (Phi) is 6.00. The summed E-state index contributed by atoms with van der Waals surface area (Å²) in [6, 6.07) is 23.5. The van der Waals surface area contributed by atoms with Crippen molar-refractivity contribution in [1.82, 2.24) is 5.32 Å². The Balaban J connectivity index is 0.00000161. The maximum atomic E-state index is 3.47. The van der Waals surface area contributed by atoms with E-state index >= 15 is 0 Å². The number of hydrogen-bond acceptors (Lipinski definition) is 2. The van der Waals surface area contributed by atoms with Gasteiger partial charge in [0.1, 0.15) is 0 Å². The number of hydrogen-bond donors (Lipinski definition) is 1. The molecule has 1 N–H and O–H groups in total. The highest BCUT2D eigenvalue weighted by Crippen LogP contribution is 2.19. The lowest BCUT2D eigenvalue weighted by Crippen LogP contribution is -2.11. The number of thiophene rings is 1. The SMILES string of the molecule is Cl.c1ccc(-c2ccc(CNCc3cccs3)cc2)cc1. The van der Waals surface area contributed by atoms with E-state index in [-0.39, 0.29) is 12.4 Å². The fourth-order valence-corrected chi connectivity index (χ4v) is 2.86. The summed E-state index contributed by atoms with van der Waals surface area (Å²) in [4.78, 5) is 1.38. The molecule has 1 nitrogen and oxygen atoms in total. The molecule has 0 aliphatic heterocycles. The molecule has 3 rings (SSSR count). The first-order valence-electron chi connectivity index (χ1n) is 6.79. The molecule has 0 fully saturated rings. The van der Waals surface area contributed by atoms with Crippen LogP contribution in [0.4, 0.5) is 0 Å². The lowest BCUT2D eigenvalue weighted by atomic mass is 10.0. The van der Waals surface area contributed by atoms with Gasteiger partial charge in [0.05, 0.1) is 0 Å². The van der Waals surface area contributed by atoms with Gasteiger partial charge in [0.15, 0.2) is 0 Å². The van der Waals surface area contributed by atoms with Crippen LogP contribution in [0.1, 0.15) is 10.4 Å². The molecular formula is C18H18ClNS. The Morgan fingerprint density at radius 3 is 2.10 bits per heavy atom. The van der Waals surface area contributed by atoms with Gasteiger partial charge in [-0.15, -0.1) is 23.7 Å². The van der Waals surface area contributed by atoms with Crippen LogP contribution in [-0.4, -0.2) is 0 Å². The Labute approximate surface area is 136 Å². The third-order valence-corrected chi connectivity index (χ3v) is 4.15. The molecule has 0 saturated carbocycles. The highest BCUT2D eigenvalue weighted by atomic mass is 35.5. The largest absolute Gasteiger partial charge is 0.308 e. The Hall–Kier alpha value is -1.61. The molecule has 0 radical (unpaired) electrons. The fourth-order valence-electron chi connectivity index (χ4n) is 2.19. The molecule has 0 atom stereocenters. The second-order valence-corrected chi connectivity index (χ2v) is 5.78. The zero-order valence-corrected chi connectivity index (χ0v) is 13.3. The monoisotopic (exact) mass is 315 g/mol. The van der Waals surface area contributed by atoms with Gasteiger partial charge in [0, 0.05) is 18.0 Å². The minimum Gasteiger partial charge on any atom is -0.308 e. The quantitative estimate of drug-likeness (QED) is 0.688. The van der Waals surface area contributed by atoms with Crippen LogP contribution in [0, 0.1) is 0 Å². The van der Waals surface area contributed by atoms with Gasteiger partial charge >= 0.3 is 0 Å². The molecule has 1 heterocycles. The molecule has 0 aliphatic carbocycles. The molecular weight excluding hydrogens is 298 g/mol. The van der Waals surface area contributed by atoms with E-state index in [0.29, 0.717) is 0 Å². The summed E-state index contributed by atoms with van der Waals surface area (Å²) >= 11 is 1.80. The van der Waals surface area contributed by atoms with Gasteiger partial charge in [-0.1, -0.05) is 60.7 Å². The van der Waals surface area contributed by atoms with Gasteiger partial charge < -0.3 is 5.32 Å². The normalized spacial score (nSPS) is 10.1. The van der Waals surface area contributed by atoms with E-state index in [2.05, 4.69) is 71.4 Å². The summed E-state index contributed by atoms with van der Waals surface area (Å²) in [7, 11) is 0. The van der Waals surface area contributed by atoms with E-state index in [4.69, 9.17) is 0 Å². The van der Waals surface area contributed by atoms with Crippen molar-refractivity contribution in [2.75, 3.05) is 0 Å². The molecule has 21 heavy (non-hydrogen) atoms. The first kappa shape index (κ1) is 15.8. The van der Waals surface area contributed by atoms with Crippen molar-refractivity contribution in [3.8, 4) is 11.1 Å². The number of halogens is 1. The van der Waals surface area contributed by atoms with E-state index in [0.717, 1.165) is 13.1 Å². The molecule has 2 aromatic carbocycles. The molecule has 0 aliphatic rings. The maximum Gasteiger partial charge on any atom is 0.0302 e. The summed E-state index contributed by atoms with van der Waals surface area (Å²) in [6.07, 6.45) is 0. The van der Waals surface area contributed by atoms with Crippen molar-refractivity contribution in [3.63, 3.8) is 0 Å². The number of rotatable bonds is 5. The fraction of sp³-hybridized carbons (Fsp3) is 0.111. The third-order valence-electron chi connectivity index (χ3n) is 3.27. The van der Waals surface area contributed by atoms with Gasteiger partial charge in [-0.05, 0) is 28.1 Å². The lowest BCUT2D eigenvalue weighted by Gasteiger charge is -2.06. The topological polar surface area (TPSA) is 12.0 Å². The number of nitrogens with one attached hydrogen (secondary N) is 1. The Bertz CT molecular complexity index is 633. The predicted molar refractivity (Wildman–Crippen MR) is 94.0 cm³/mol. The van der Waals surface area contributed by atoms with Gasteiger partial charge in [-0.3, -0.25) is 0 Å². The average molecular weight is 316 g/mol. The third kappa shape index (κ3) is 4.43. The van der Waals surface area contributed by atoms with Crippen LogP contribution < -0.4 is 5.32 Å². The summed E-state index contributed by atoms with van der Waals surface area (Å²) in [5.41, 5.74) is 3.86. The van der Waals surface area contributed by atoms with E-state index in [1.807, 2.05) is 6.07 Å². The van der Waals surface area contributed by atoms with Crippen molar-refractivity contribution >= 4 is 23.7 Å².